The first-order valence-electron chi connectivity index (χ1n) is 16.0. The minimum Gasteiger partial charge on any atom is -0.507 e. The summed E-state index contributed by atoms with van der Waals surface area (Å²) in [6.45, 7) is 26.9. The van der Waals surface area contributed by atoms with Gasteiger partial charge in [-0.2, -0.15) is 0 Å². The Morgan fingerprint density at radius 3 is 0.844 bits per heavy atom. The zero-order valence-corrected chi connectivity index (χ0v) is 29.9. The van der Waals surface area contributed by atoms with Crippen LogP contribution in [0.4, 0.5) is 0 Å². The van der Waals surface area contributed by atoms with E-state index < -0.39 is 0 Å². The number of phenolic OH excluding ortho intramolecular Hbond substituents is 4. The predicted octanol–water partition coefficient (Wildman–Crippen LogP) is 11.5. The maximum atomic E-state index is 10.2. The van der Waals surface area contributed by atoms with Crippen molar-refractivity contribution in [3.8, 4) is 45.3 Å². The van der Waals surface area contributed by atoms with Crippen molar-refractivity contribution < 1.29 is 20.4 Å². The van der Waals surface area contributed by atoms with Crippen molar-refractivity contribution in [1.29, 1.82) is 0 Å². The smallest absolute Gasteiger partial charge is 0.126 e. The first kappa shape index (κ1) is 37.3. The van der Waals surface area contributed by atoms with E-state index in [-0.39, 0.29) is 23.0 Å². The monoisotopic (exact) mass is 612 g/mol. The van der Waals surface area contributed by atoms with Gasteiger partial charge in [0.05, 0.1) is 0 Å². The maximum absolute atomic E-state index is 10.2. The number of hydrogen-bond acceptors (Lipinski definition) is 4. The molecule has 0 bridgehead atoms. The minimum absolute atomic E-state index is 0.237. The highest BCUT2D eigenvalue weighted by Gasteiger charge is 2.16. The Bertz CT molecular complexity index is 1400. The molecule has 4 aromatic carbocycles. The molecule has 1 unspecified atom stereocenters. The standard InChI is InChI=1S/2C16H18O2.C9H20/c2*1-9-5-11(3)15(17)13(7-9)14-8-10(2)6-12(4)16(14)18;1-6-8(2)7-9(3,4)5/h2*5-8,17-18H,1-4H3;8H,6-7H2,1-5H3. The van der Waals surface area contributed by atoms with Crippen molar-refractivity contribution >= 4 is 0 Å². The van der Waals surface area contributed by atoms with Gasteiger partial charge in [-0.1, -0.05) is 65.3 Å². The van der Waals surface area contributed by atoms with E-state index in [0.29, 0.717) is 27.7 Å². The Morgan fingerprint density at radius 2 is 0.689 bits per heavy atom. The molecule has 0 spiro atoms. The molecule has 0 saturated carbocycles. The summed E-state index contributed by atoms with van der Waals surface area (Å²) in [4.78, 5) is 0. The molecular weight excluding hydrogens is 556 g/mol. The van der Waals surface area contributed by atoms with Gasteiger partial charge in [-0.25, -0.2) is 0 Å². The number of rotatable bonds is 4. The molecule has 4 N–H and O–H groups in total. The van der Waals surface area contributed by atoms with Gasteiger partial charge in [-0.05, 0) is 142 Å². The molecule has 1 atom stereocenters. The van der Waals surface area contributed by atoms with Crippen molar-refractivity contribution in [2.45, 2.75) is 103 Å². The second kappa shape index (κ2) is 15.4. The molecule has 45 heavy (non-hydrogen) atoms. The van der Waals surface area contributed by atoms with Crippen LogP contribution in [0.2, 0.25) is 0 Å². The van der Waals surface area contributed by atoms with E-state index in [1.54, 1.807) is 0 Å². The van der Waals surface area contributed by atoms with Crippen LogP contribution in [-0.2, 0) is 0 Å². The van der Waals surface area contributed by atoms with Crippen molar-refractivity contribution in [3.63, 3.8) is 0 Å². The third-order valence-electron chi connectivity index (χ3n) is 8.02. The lowest BCUT2D eigenvalue weighted by Crippen LogP contribution is -2.09. The van der Waals surface area contributed by atoms with Gasteiger partial charge in [-0.15, -0.1) is 0 Å². The summed E-state index contributed by atoms with van der Waals surface area (Å²) < 4.78 is 0. The Kier molecular flexibility index (Phi) is 12.7. The molecule has 0 heterocycles. The second-order valence-corrected chi connectivity index (χ2v) is 14.2. The molecule has 0 aliphatic rings. The third-order valence-corrected chi connectivity index (χ3v) is 8.02. The van der Waals surface area contributed by atoms with Crippen LogP contribution in [0, 0.1) is 66.7 Å². The first-order valence-corrected chi connectivity index (χ1v) is 16.0. The molecule has 244 valence electrons. The number of hydrogen-bond donors (Lipinski definition) is 4. The second-order valence-electron chi connectivity index (χ2n) is 14.2. The van der Waals surface area contributed by atoms with Crippen molar-refractivity contribution in [2.75, 3.05) is 0 Å². The number of aryl methyl sites for hydroxylation is 8. The Labute approximate surface area is 272 Å². The zero-order chi connectivity index (χ0) is 34.4. The summed E-state index contributed by atoms with van der Waals surface area (Å²) >= 11 is 0. The van der Waals surface area contributed by atoms with E-state index in [1.807, 2.05) is 104 Å². The molecule has 0 radical (unpaired) electrons. The van der Waals surface area contributed by atoms with E-state index in [1.165, 1.54) is 12.8 Å². The van der Waals surface area contributed by atoms with E-state index in [2.05, 4.69) is 34.6 Å². The quantitative estimate of drug-likeness (QED) is 0.185. The van der Waals surface area contributed by atoms with E-state index in [9.17, 15) is 20.4 Å². The molecular formula is C41H56O4. The van der Waals surface area contributed by atoms with E-state index in [4.69, 9.17) is 0 Å². The third kappa shape index (κ3) is 10.3. The SMILES string of the molecule is CCC(C)CC(C)(C)C.Cc1cc(C)c(O)c(-c2cc(C)cc(C)c2O)c1.Cc1cc(C)c(O)c(-c2cc(C)cc(C)c2O)c1. The van der Waals surface area contributed by atoms with Crippen molar-refractivity contribution in [2.24, 2.45) is 11.3 Å². The Hall–Kier alpha value is -3.92. The van der Waals surface area contributed by atoms with Gasteiger partial charge < -0.3 is 20.4 Å². The normalized spacial score (nSPS) is 11.7. The maximum Gasteiger partial charge on any atom is 0.126 e. The van der Waals surface area contributed by atoms with Gasteiger partial charge in [0.1, 0.15) is 23.0 Å². The summed E-state index contributed by atoms with van der Waals surface area (Å²) in [6.07, 6.45) is 2.67. The Morgan fingerprint density at radius 1 is 0.467 bits per heavy atom. The molecule has 4 heteroatoms. The van der Waals surface area contributed by atoms with Crippen LogP contribution in [-0.4, -0.2) is 20.4 Å². The fourth-order valence-corrected chi connectivity index (χ4v) is 5.85. The molecule has 4 rings (SSSR count). The molecule has 0 aliphatic heterocycles. The largest absolute Gasteiger partial charge is 0.507 e. The number of aromatic hydroxyl groups is 4. The van der Waals surface area contributed by atoms with Crippen LogP contribution >= 0.6 is 0 Å². The molecule has 0 saturated heterocycles. The van der Waals surface area contributed by atoms with Crippen LogP contribution in [0.1, 0.15) is 92.0 Å². The van der Waals surface area contributed by atoms with Crippen molar-refractivity contribution in [3.05, 3.63) is 93.0 Å². The van der Waals surface area contributed by atoms with Gasteiger partial charge in [0.2, 0.25) is 0 Å². The average molecular weight is 613 g/mol. The van der Waals surface area contributed by atoms with Crippen LogP contribution in [0.25, 0.3) is 22.3 Å². The van der Waals surface area contributed by atoms with E-state index >= 15 is 0 Å². The topological polar surface area (TPSA) is 80.9 Å². The van der Waals surface area contributed by atoms with Crippen LogP contribution in [0.15, 0.2) is 48.5 Å². The minimum atomic E-state index is 0.237. The number of phenols is 4. The van der Waals surface area contributed by atoms with Gasteiger partial charge in [0.15, 0.2) is 0 Å². The molecule has 0 amide bonds. The summed E-state index contributed by atoms with van der Waals surface area (Å²) in [5.74, 6) is 1.84. The predicted molar refractivity (Wildman–Crippen MR) is 192 cm³/mol. The summed E-state index contributed by atoms with van der Waals surface area (Å²) in [7, 11) is 0. The molecule has 4 nitrogen and oxygen atoms in total. The lowest BCUT2D eigenvalue weighted by Gasteiger charge is -2.21. The lowest BCUT2D eigenvalue weighted by atomic mass is 9.84. The highest BCUT2D eigenvalue weighted by atomic mass is 16.3. The summed E-state index contributed by atoms with van der Waals surface area (Å²) in [5, 5.41) is 40.7. The van der Waals surface area contributed by atoms with Crippen LogP contribution in [0.5, 0.6) is 23.0 Å². The Balaban J connectivity index is 0.000000250. The molecule has 0 aliphatic carbocycles. The van der Waals surface area contributed by atoms with Gasteiger partial charge >= 0.3 is 0 Å². The first-order chi connectivity index (χ1) is 20.7. The number of benzene rings is 4. The lowest BCUT2D eigenvalue weighted by molar-refractivity contribution is 0.302. The fourth-order valence-electron chi connectivity index (χ4n) is 5.85. The summed E-state index contributed by atoms with van der Waals surface area (Å²) in [5.41, 5.74) is 10.9. The molecule has 0 aromatic heterocycles. The molecule has 4 aromatic rings. The van der Waals surface area contributed by atoms with E-state index in [0.717, 1.165) is 50.4 Å². The van der Waals surface area contributed by atoms with Crippen LogP contribution < -0.4 is 0 Å². The van der Waals surface area contributed by atoms with Gasteiger partial charge in [0, 0.05) is 22.3 Å². The highest BCUT2D eigenvalue weighted by molar-refractivity contribution is 5.79. The zero-order valence-electron chi connectivity index (χ0n) is 29.9. The van der Waals surface area contributed by atoms with Crippen LogP contribution in [0.3, 0.4) is 0 Å². The van der Waals surface area contributed by atoms with Gasteiger partial charge in [-0.3, -0.25) is 0 Å². The highest BCUT2D eigenvalue weighted by Crippen LogP contribution is 2.41. The average Bonchev–Trinajstić information content (AvgIpc) is 2.92. The molecule has 0 fully saturated rings. The van der Waals surface area contributed by atoms with Crippen molar-refractivity contribution in [1.82, 2.24) is 0 Å². The summed E-state index contributed by atoms with van der Waals surface area (Å²) in [6, 6.07) is 15.3. The fraction of sp³-hybridized carbons (Fsp3) is 0.415. The van der Waals surface area contributed by atoms with Gasteiger partial charge in [0.25, 0.3) is 0 Å².